The highest BCUT2D eigenvalue weighted by molar-refractivity contribution is 8.01. The summed E-state index contributed by atoms with van der Waals surface area (Å²) in [6.07, 6.45) is 1.60. The Morgan fingerprint density at radius 3 is 3.05 bits per heavy atom. The zero-order chi connectivity index (χ0) is 13.5. The van der Waals surface area contributed by atoms with Crippen LogP contribution in [0.5, 0.6) is 0 Å². The number of benzene rings is 1. The summed E-state index contributed by atoms with van der Waals surface area (Å²) in [5, 5.41) is 4.06. The van der Waals surface area contributed by atoms with Crippen LogP contribution in [0.15, 0.2) is 45.3 Å². The van der Waals surface area contributed by atoms with Crippen molar-refractivity contribution >= 4 is 60.6 Å². The predicted molar refractivity (Wildman–Crippen MR) is 85.6 cm³/mol. The summed E-state index contributed by atoms with van der Waals surface area (Å²) in [6, 6.07) is 7.83. The first-order valence-corrected chi connectivity index (χ1v) is 8.33. The molecule has 4 nitrogen and oxygen atoms in total. The molecule has 1 aromatic carbocycles. The summed E-state index contributed by atoms with van der Waals surface area (Å²) in [5.74, 6) is 0. The van der Waals surface area contributed by atoms with Gasteiger partial charge in [0.05, 0.1) is 10.2 Å². The van der Waals surface area contributed by atoms with Crippen LogP contribution in [0.1, 0.15) is 0 Å². The second-order valence-electron chi connectivity index (χ2n) is 4.13. The van der Waals surface area contributed by atoms with Gasteiger partial charge in [0.25, 0.3) is 0 Å². The molecule has 0 atom stereocenters. The Balaban J connectivity index is 1.78. The van der Waals surface area contributed by atoms with Gasteiger partial charge in [-0.25, -0.2) is 15.0 Å². The third-order valence-electron chi connectivity index (χ3n) is 2.80. The van der Waals surface area contributed by atoms with E-state index < -0.39 is 0 Å². The molecule has 4 rings (SSSR count). The van der Waals surface area contributed by atoms with Crippen LogP contribution < -0.4 is 5.73 Å². The molecule has 0 saturated heterocycles. The molecule has 98 valence electrons. The number of thiophene rings is 1. The lowest BCUT2D eigenvalue weighted by Crippen LogP contribution is -1.82. The van der Waals surface area contributed by atoms with E-state index in [4.69, 9.17) is 5.73 Å². The molecule has 3 aromatic heterocycles. The monoisotopic (exact) mass is 316 g/mol. The van der Waals surface area contributed by atoms with E-state index in [2.05, 4.69) is 15.0 Å². The number of thiazole rings is 1. The largest absolute Gasteiger partial charge is 0.399 e. The van der Waals surface area contributed by atoms with Crippen molar-refractivity contribution in [3.8, 4) is 0 Å². The van der Waals surface area contributed by atoms with Gasteiger partial charge in [0.15, 0.2) is 4.34 Å². The molecular weight excluding hydrogens is 308 g/mol. The summed E-state index contributed by atoms with van der Waals surface area (Å²) in [4.78, 5) is 14.2. The van der Waals surface area contributed by atoms with Gasteiger partial charge in [0.2, 0.25) is 0 Å². The molecule has 0 saturated carbocycles. The van der Waals surface area contributed by atoms with Gasteiger partial charge in [0, 0.05) is 11.1 Å². The smallest absolute Gasteiger partial charge is 0.157 e. The quantitative estimate of drug-likeness (QED) is 0.447. The lowest BCUT2D eigenvalue weighted by Gasteiger charge is -1.97. The number of hydrogen-bond donors (Lipinski definition) is 1. The third kappa shape index (κ3) is 2.04. The molecule has 0 radical (unpaired) electrons. The summed E-state index contributed by atoms with van der Waals surface area (Å²) in [6.45, 7) is 0. The van der Waals surface area contributed by atoms with Gasteiger partial charge in [-0.15, -0.1) is 22.7 Å². The van der Waals surface area contributed by atoms with Gasteiger partial charge in [-0.1, -0.05) is 0 Å². The molecule has 0 aliphatic carbocycles. The van der Waals surface area contributed by atoms with Crippen LogP contribution in [-0.2, 0) is 0 Å². The highest BCUT2D eigenvalue weighted by Gasteiger charge is 2.10. The lowest BCUT2D eigenvalue weighted by molar-refractivity contribution is 1.10. The number of fused-ring (bicyclic) bond motifs is 2. The minimum atomic E-state index is 0.764. The van der Waals surface area contributed by atoms with Crippen LogP contribution in [0.25, 0.3) is 20.4 Å². The first-order chi connectivity index (χ1) is 9.79. The fourth-order valence-corrected chi connectivity index (χ4v) is 4.79. The lowest BCUT2D eigenvalue weighted by atomic mass is 10.3. The van der Waals surface area contributed by atoms with E-state index in [1.54, 1.807) is 40.8 Å². The number of aromatic nitrogens is 3. The highest BCUT2D eigenvalue weighted by atomic mass is 32.2. The number of hydrogen-bond acceptors (Lipinski definition) is 7. The first kappa shape index (κ1) is 12.1. The van der Waals surface area contributed by atoms with Crippen LogP contribution in [-0.4, -0.2) is 15.0 Å². The van der Waals surface area contributed by atoms with Crippen molar-refractivity contribution in [1.29, 1.82) is 0 Å². The maximum atomic E-state index is 5.80. The number of rotatable bonds is 2. The highest BCUT2D eigenvalue weighted by Crippen LogP contribution is 2.37. The average Bonchev–Trinajstić information content (AvgIpc) is 3.04. The number of nitrogens with two attached hydrogens (primary N) is 1. The number of nitrogens with zero attached hydrogens (tertiary/aromatic N) is 3. The van der Waals surface area contributed by atoms with E-state index in [0.29, 0.717) is 0 Å². The van der Waals surface area contributed by atoms with E-state index >= 15 is 0 Å². The summed E-state index contributed by atoms with van der Waals surface area (Å²) >= 11 is 4.83. The van der Waals surface area contributed by atoms with Gasteiger partial charge in [0.1, 0.15) is 16.2 Å². The molecule has 4 aromatic rings. The van der Waals surface area contributed by atoms with Gasteiger partial charge < -0.3 is 5.73 Å². The number of anilines is 1. The van der Waals surface area contributed by atoms with E-state index in [9.17, 15) is 0 Å². The van der Waals surface area contributed by atoms with E-state index in [1.807, 2.05) is 29.6 Å². The Morgan fingerprint density at radius 1 is 1.15 bits per heavy atom. The first-order valence-electron chi connectivity index (χ1n) is 5.82. The molecule has 0 unspecified atom stereocenters. The van der Waals surface area contributed by atoms with Gasteiger partial charge in [-0.05, 0) is 41.4 Å². The Kier molecular flexibility index (Phi) is 2.83. The van der Waals surface area contributed by atoms with Crippen LogP contribution in [0.2, 0.25) is 0 Å². The van der Waals surface area contributed by atoms with E-state index in [1.165, 1.54) is 0 Å². The van der Waals surface area contributed by atoms with E-state index in [0.717, 1.165) is 35.5 Å². The van der Waals surface area contributed by atoms with Crippen molar-refractivity contribution in [3.63, 3.8) is 0 Å². The molecule has 0 aliphatic heterocycles. The molecule has 0 bridgehead atoms. The van der Waals surface area contributed by atoms with E-state index in [-0.39, 0.29) is 0 Å². The maximum Gasteiger partial charge on any atom is 0.157 e. The minimum absolute atomic E-state index is 0.764. The molecule has 7 heteroatoms. The maximum absolute atomic E-state index is 5.80. The average molecular weight is 316 g/mol. The zero-order valence-electron chi connectivity index (χ0n) is 10.1. The second kappa shape index (κ2) is 4.69. The van der Waals surface area contributed by atoms with Crippen molar-refractivity contribution in [2.45, 2.75) is 9.37 Å². The molecule has 0 amide bonds. The van der Waals surface area contributed by atoms with Crippen molar-refractivity contribution in [1.82, 2.24) is 15.0 Å². The molecule has 0 fully saturated rings. The van der Waals surface area contributed by atoms with Gasteiger partial charge in [-0.2, -0.15) is 0 Å². The van der Waals surface area contributed by atoms with Crippen LogP contribution in [0.4, 0.5) is 5.69 Å². The SMILES string of the molecule is Nc1ccc2nc(Sc3ncnc4sccc34)sc2c1. The molecule has 0 spiro atoms. The zero-order valence-corrected chi connectivity index (χ0v) is 12.6. The summed E-state index contributed by atoms with van der Waals surface area (Å²) in [5.41, 5.74) is 7.54. The molecule has 3 heterocycles. The number of nitrogen functional groups attached to an aromatic ring is 1. The third-order valence-corrected chi connectivity index (χ3v) is 5.72. The Morgan fingerprint density at radius 2 is 2.10 bits per heavy atom. The molecular formula is C13H8N4S3. The Hall–Kier alpha value is -1.70. The van der Waals surface area contributed by atoms with Gasteiger partial charge in [-0.3, -0.25) is 0 Å². The predicted octanol–water partition coefficient (Wildman–Crippen LogP) is 4.03. The Bertz CT molecular complexity index is 912. The fraction of sp³-hybridized carbons (Fsp3) is 0. The normalized spacial score (nSPS) is 11.4. The van der Waals surface area contributed by atoms with Gasteiger partial charge >= 0.3 is 0 Å². The van der Waals surface area contributed by atoms with Crippen molar-refractivity contribution < 1.29 is 0 Å². The van der Waals surface area contributed by atoms with Crippen molar-refractivity contribution in [2.24, 2.45) is 0 Å². The minimum Gasteiger partial charge on any atom is -0.399 e. The topological polar surface area (TPSA) is 64.7 Å². The second-order valence-corrected chi connectivity index (χ2v) is 7.29. The molecule has 20 heavy (non-hydrogen) atoms. The Labute approximate surface area is 126 Å². The van der Waals surface area contributed by atoms with Crippen LogP contribution >= 0.6 is 34.4 Å². The summed E-state index contributed by atoms with van der Waals surface area (Å²) in [7, 11) is 0. The van der Waals surface area contributed by atoms with Crippen molar-refractivity contribution in [2.75, 3.05) is 5.73 Å². The summed E-state index contributed by atoms with van der Waals surface area (Å²) < 4.78 is 2.07. The molecule has 0 aliphatic rings. The standard InChI is InChI=1S/C13H8N4S3/c14-7-1-2-9-10(5-7)19-13(17-9)20-12-8-3-4-18-11(8)15-6-16-12/h1-6H,14H2. The fourth-order valence-electron chi connectivity index (χ4n) is 1.90. The molecule has 2 N–H and O–H groups in total. The van der Waals surface area contributed by atoms with Crippen LogP contribution in [0, 0.1) is 0 Å². The van der Waals surface area contributed by atoms with Crippen LogP contribution in [0.3, 0.4) is 0 Å². The van der Waals surface area contributed by atoms with Crippen molar-refractivity contribution in [3.05, 3.63) is 36.0 Å².